The van der Waals surface area contributed by atoms with Crippen LogP contribution < -0.4 is 4.74 Å². The monoisotopic (exact) mass is 387 g/mol. The zero-order valence-corrected chi connectivity index (χ0v) is 17.3. The Labute approximate surface area is 174 Å². The highest BCUT2D eigenvalue weighted by atomic mass is 16.5. The average Bonchev–Trinajstić information content (AvgIpc) is 2.79. The van der Waals surface area contributed by atoms with Crippen LogP contribution in [0.2, 0.25) is 0 Å². The van der Waals surface area contributed by atoms with E-state index >= 15 is 0 Å². The van der Waals surface area contributed by atoms with Crippen LogP contribution in [0.15, 0.2) is 84.9 Å². The van der Waals surface area contributed by atoms with E-state index in [4.69, 9.17) is 4.74 Å². The van der Waals surface area contributed by atoms with Crippen molar-refractivity contribution in [1.29, 1.82) is 0 Å². The lowest BCUT2D eigenvalue weighted by Crippen LogP contribution is -2.27. The van der Waals surface area contributed by atoms with Gasteiger partial charge in [-0.25, -0.2) is 0 Å². The third kappa shape index (κ3) is 5.55. The molecule has 1 unspecified atom stereocenters. The second-order valence-corrected chi connectivity index (χ2v) is 7.02. The van der Waals surface area contributed by atoms with Gasteiger partial charge in [-0.15, -0.1) is 0 Å². The van der Waals surface area contributed by atoms with Crippen LogP contribution in [-0.2, 0) is 0 Å². The van der Waals surface area contributed by atoms with Gasteiger partial charge in [0.15, 0.2) is 5.78 Å². The van der Waals surface area contributed by atoms with Gasteiger partial charge in [0.25, 0.3) is 0 Å². The summed E-state index contributed by atoms with van der Waals surface area (Å²) < 4.78 is 5.90. The zero-order chi connectivity index (χ0) is 20.5. The van der Waals surface area contributed by atoms with Crippen LogP contribution >= 0.6 is 0 Å². The van der Waals surface area contributed by atoms with Gasteiger partial charge in [0.05, 0.1) is 5.92 Å². The fourth-order valence-corrected chi connectivity index (χ4v) is 3.50. The summed E-state index contributed by atoms with van der Waals surface area (Å²) >= 11 is 0. The summed E-state index contributed by atoms with van der Waals surface area (Å²) in [5, 5.41) is 0. The van der Waals surface area contributed by atoms with Gasteiger partial charge in [0.1, 0.15) is 12.4 Å². The first-order valence-corrected chi connectivity index (χ1v) is 10.3. The first-order chi connectivity index (χ1) is 14.2. The molecule has 0 heterocycles. The second kappa shape index (κ2) is 10.6. The van der Waals surface area contributed by atoms with Crippen molar-refractivity contribution in [1.82, 2.24) is 4.90 Å². The van der Waals surface area contributed by atoms with Crippen molar-refractivity contribution in [3.8, 4) is 5.75 Å². The Bertz CT molecular complexity index is 872. The molecule has 0 spiro atoms. The normalized spacial score (nSPS) is 12.0. The van der Waals surface area contributed by atoms with E-state index in [1.807, 2.05) is 84.9 Å². The van der Waals surface area contributed by atoms with Crippen molar-refractivity contribution in [2.24, 2.45) is 0 Å². The highest BCUT2D eigenvalue weighted by molar-refractivity contribution is 6.03. The Morgan fingerprint density at radius 3 is 1.93 bits per heavy atom. The fourth-order valence-electron chi connectivity index (χ4n) is 3.50. The van der Waals surface area contributed by atoms with E-state index in [1.54, 1.807) is 0 Å². The zero-order valence-electron chi connectivity index (χ0n) is 17.3. The molecule has 150 valence electrons. The standard InChI is InChI=1S/C26H29NO2/c1-3-27(4-2)19-20-29-24-17-15-22(16-18-24)25(21-11-7-5-8-12-21)26(28)23-13-9-6-10-14-23/h5-18,25H,3-4,19-20H2,1-2H3. The Kier molecular flexibility index (Phi) is 7.60. The lowest BCUT2D eigenvalue weighted by molar-refractivity contribution is 0.0974. The molecule has 29 heavy (non-hydrogen) atoms. The minimum atomic E-state index is -0.330. The minimum absolute atomic E-state index is 0.104. The maximum absolute atomic E-state index is 13.3. The summed E-state index contributed by atoms with van der Waals surface area (Å²) in [5.74, 6) is 0.607. The topological polar surface area (TPSA) is 29.5 Å². The maximum Gasteiger partial charge on any atom is 0.174 e. The maximum atomic E-state index is 13.3. The van der Waals surface area contributed by atoms with Crippen LogP contribution in [0.5, 0.6) is 5.75 Å². The van der Waals surface area contributed by atoms with Gasteiger partial charge in [-0.1, -0.05) is 86.6 Å². The predicted molar refractivity (Wildman–Crippen MR) is 119 cm³/mol. The molecule has 3 heteroatoms. The molecule has 0 radical (unpaired) electrons. The van der Waals surface area contributed by atoms with Crippen LogP contribution in [0.4, 0.5) is 0 Å². The molecule has 0 N–H and O–H groups in total. The molecule has 0 saturated carbocycles. The third-order valence-corrected chi connectivity index (χ3v) is 5.24. The number of hydrogen-bond acceptors (Lipinski definition) is 3. The van der Waals surface area contributed by atoms with Gasteiger partial charge in [0, 0.05) is 12.1 Å². The van der Waals surface area contributed by atoms with Crippen LogP contribution in [-0.4, -0.2) is 36.9 Å². The van der Waals surface area contributed by atoms with Crippen molar-refractivity contribution >= 4 is 5.78 Å². The lowest BCUT2D eigenvalue weighted by Gasteiger charge is -2.19. The number of Topliss-reactive ketones (excluding diaryl/α,β-unsaturated/α-hetero) is 1. The van der Waals surface area contributed by atoms with E-state index in [9.17, 15) is 4.79 Å². The molecule has 0 bridgehead atoms. The SMILES string of the molecule is CCN(CC)CCOc1ccc(C(C(=O)c2ccccc2)c2ccccc2)cc1. The van der Waals surface area contributed by atoms with Gasteiger partial charge in [-0.3, -0.25) is 4.79 Å². The van der Waals surface area contributed by atoms with E-state index < -0.39 is 0 Å². The van der Waals surface area contributed by atoms with Crippen molar-refractivity contribution in [3.05, 3.63) is 102 Å². The molecule has 3 aromatic rings. The smallest absolute Gasteiger partial charge is 0.174 e. The average molecular weight is 388 g/mol. The molecule has 0 saturated heterocycles. The summed E-state index contributed by atoms with van der Waals surface area (Å²) in [6.07, 6.45) is 0. The van der Waals surface area contributed by atoms with E-state index in [1.165, 1.54) is 0 Å². The molecule has 0 aliphatic heterocycles. The number of rotatable bonds is 10. The number of carbonyl (C=O) groups is 1. The third-order valence-electron chi connectivity index (χ3n) is 5.24. The minimum Gasteiger partial charge on any atom is -0.492 e. The summed E-state index contributed by atoms with van der Waals surface area (Å²) in [4.78, 5) is 15.6. The molecule has 0 amide bonds. The van der Waals surface area contributed by atoms with Gasteiger partial charge in [0.2, 0.25) is 0 Å². The number of nitrogens with zero attached hydrogens (tertiary/aromatic N) is 1. The molecule has 3 aromatic carbocycles. The van der Waals surface area contributed by atoms with Crippen LogP contribution in [0.3, 0.4) is 0 Å². The summed E-state index contributed by atoms with van der Waals surface area (Å²) in [5.41, 5.74) is 2.69. The van der Waals surface area contributed by atoms with Gasteiger partial charge < -0.3 is 9.64 Å². The van der Waals surface area contributed by atoms with Crippen LogP contribution in [0.1, 0.15) is 41.3 Å². The van der Waals surface area contributed by atoms with E-state index in [2.05, 4.69) is 18.7 Å². The fraction of sp³-hybridized carbons (Fsp3) is 0.269. The Morgan fingerprint density at radius 2 is 1.34 bits per heavy atom. The molecule has 0 aliphatic rings. The quantitative estimate of drug-likeness (QED) is 0.435. The number of likely N-dealkylation sites (N-methyl/N-ethyl adjacent to an activating group) is 1. The van der Waals surface area contributed by atoms with E-state index in [0.29, 0.717) is 6.61 Å². The molecule has 0 aromatic heterocycles. The molecule has 0 aliphatic carbocycles. The first-order valence-electron chi connectivity index (χ1n) is 10.3. The summed E-state index contributed by atoms with van der Waals surface area (Å²) in [7, 11) is 0. The largest absolute Gasteiger partial charge is 0.492 e. The van der Waals surface area contributed by atoms with Crippen molar-refractivity contribution in [3.63, 3.8) is 0 Å². The van der Waals surface area contributed by atoms with Crippen LogP contribution in [0, 0.1) is 0 Å². The number of hydrogen-bond donors (Lipinski definition) is 0. The van der Waals surface area contributed by atoms with Crippen molar-refractivity contribution in [2.45, 2.75) is 19.8 Å². The lowest BCUT2D eigenvalue weighted by atomic mass is 9.85. The highest BCUT2D eigenvalue weighted by Crippen LogP contribution is 2.30. The molecule has 0 fully saturated rings. The number of ketones is 1. The van der Waals surface area contributed by atoms with Gasteiger partial charge >= 0.3 is 0 Å². The predicted octanol–water partition coefficient (Wildman–Crippen LogP) is 5.42. The molecular formula is C26H29NO2. The Hall–Kier alpha value is -2.91. The van der Waals surface area contributed by atoms with Crippen LogP contribution in [0.25, 0.3) is 0 Å². The second-order valence-electron chi connectivity index (χ2n) is 7.02. The number of ether oxygens (including phenoxy) is 1. The van der Waals surface area contributed by atoms with Crippen molar-refractivity contribution in [2.75, 3.05) is 26.2 Å². The van der Waals surface area contributed by atoms with E-state index in [-0.39, 0.29) is 11.7 Å². The van der Waals surface area contributed by atoms with E-state index in [0.717, 1.165) is 42.1 Å². The van der Waals surface area contributed by atoms with Gasteiger partial charge in [-0.2, -0.15) is 0 Å². The number of carbonyl (C=O) groups excluding carboxylic acids is 1. The van der Waals surface area contributed by atoms with Crippen molar-refractivity contribution < 1.29 is 9.53 Å². The number of benzene rings is 3. The molecule has 1 atom stereocenters. The molecular weight excluding hydrogens is 358 g/mol. The Balaban J connectivity index is 1.79. The van der Waals surface area contributed by atoms with Gasteiger partial charge in [-0.05, 0) is 36.3 Å². The highest BCUT2D eigenvalue weighted by Gasteiger charge is 2.23. The first kappa shape index (κ1) is 20.8. The summed E-state index contributed by atoms with van der Waals surface area (Å²) in [6.45, 7) is 7.94. The molecule has 3 rings (SSSR count). The Morgan fingerprint density at radius 1 is 0.793 bits per heavy atom. The molecule has 3 nitrogen and oxygen atoms in total. The summed E-state index contributed by atoms with van der Waals surface area (Å²) in [6, 6.07) is 27.4.